The molecule has 34 heavy (non-hydrogen) atoms. The number of hydrogen-bond donors (Lipinski definition) is 2. The van der Waals surface area contributed by atoms with Gasteiger partial charge < -0.3 is 19.5 Å². The number of rotatable bonds is 9. The summed E-state index contributed by atoms with van der Waals surface area (Å²) in [7, 11) is 1.61. The Labute approximate surface area is 200 Å². The largest absolute Gasteiger partial charge is 0.507 e. The first-order valence-corrected chi connectivity index (χ1v) is 11.5. The van der Waals surface area contributed by atoms with E-state index in [1.165, 1.54) is 0 Å². The molecule has 4 rings (SSSR count). The monoisotopic (exact) mass is 461 g/mol. The van der Waals surface area contributed by atoms with E-state index in [2.05, 4.69) is 23.7 Å². The van der Waals surface area contributed by atoms with Crippen LogP contribution >= 0.6 is 0 Å². The lowest BCUT2D eigenvalue weighted by Crippen LogP contribution is -2.29. The van der Waals surface area contributed by atoms with Crippen LogP contribution in [-0.4, -0.2) is 46.4 Å². The number of aromatic nitrogens is 2. The summed E-state index contributed by atoms with van der Waals surface area (Å²) in [5, 5.41) is 18.2. The lowest BCUT2D eigenvalue weighted by molar-refractivity contribution is 0.0764. The zero-order valence-electron chi connectivity index (χ0n) is 20.1. The number of phenols is 1. The predicted octanol–water partition coefficient (Wildman–Crippen LogP) is 5.32. The van der Waals surface area contributed by atoms with Crippen molar-refractivity contribution in [3.05, 3.63) is 70.9 Å². The Balaban J connectivity index is 1.85. The lowest BCUT2D eigenvalue weighted by Gasteiger charge is -2.26. The molecule has 178 valence electrons. The number of ether oxygens (including phenoxy) is 2. The predicted molar refractivity (Wildman–Crippen MR) is 132 cm³/mol. The molecule has 2 heterocycles. The van der Waals surface area contributed by atoms with E-state index < -0.39 is 6.04 Å². The highest BCUT2D eigenvalue weighted by molar-refractivity contribution is 6.00. The molecule has 0 saturated heterocycles. The molecule has 7 heteroatoms. The fraction of sp³-hybridized carbons (Fsp3) is 0.333. The standard InChI is InChI=1S/C27H31N3O4/c1-6-8-12-34-20-10-9-18(15-21(20)33-5)26-23-24(22-17(4)13-16(3)14-19(22)31)28-29-25(23)27(32)30(26)11-7-2/h7,9-10,13-15,26,31H,2,6,8,11-12H2,1,3-5H3,(H,28,29). The van der Waals surface area contributed by atoms with Crippen molar-refractivity contribution in [2.75, 3.05) is 20.3 Å². The maximum Gasteiger partial charge on any atom is 0.273 e. The molecule has 1 atom stereocenters. The molecule has 0 radical (unpaired) electrons. The number of unbranched alkanes of at least 4 members (excludes halogenated alkanes) is 1. The highest BCUT2D eigenvalue weighted by atomic mass is 16.5. The SMILES string of the molecule is C=CCN1C(=O)c2[nH]nc(-c3c(C)cc(C)cc3O)c2C1c1ccc(OCCCC)c(OC)c1. The van der Waals surface area contributed by atoms with E-state index in [0.717, 1.165) is 35.1 Å². The Morgan fingerprint density at radius 1 is 1.24 bits per heavy atom. The Morgan fingerprint density at radius 3 is 2.71 bits per heavy atom. The van der Waals surface area contributed by atoms with Crippen molar-refractivity contribution in [2.24, 2.45) is 0 Å². The first kappa shape index (κ1) is 23.4. The zero-order chi connectivity index (χ0) is 24.4. The molecule has 1 aliphatic heterocycles. The molecular weight excluding hydrogens is 430 g/mol. The van der Waals surface area contributed by atoms with E-state index in [4.69, 9.17) is 9.47 Å². The minimum Gasteiger partial charge on any atom is -0.507 e. The minimum atomic E-state index is -0.423. The second-order valence-electron chi connectivity index (χ2n) is 8.60. The topological polar surface area (TPSA) is 87.7 Å². The number of nitrogens with one attached hydrogen (secondary N) is 1. The number of aromatic hydroxyl groups is 1. The van der Waals surface area contributed by atoms with Crippen LogP contribution in [0.25, 0.3) is 11.3 Å². The maximum absolute atomic E-state index is 13.3. The number of methoxy groups -OCH3 is 1. The summed E-state index contributed by atoms with van der Waals surface area (Å²) in [6.07, 6.45) is 3.70. The molecule has 0 saturated carbocycles. The maximum atomic E-state index is 13.3. The summed E-state index contributed by atoms with van der Waals surface area (Å²) >= 11 is 0. The van der Waals surface area contributed by atoms with Crippen LogP contribution in [0, 0.1) is 13.8 Å². The quantitative estimate of drug-likeness (QED) is 0.333. The number of aryl methyl sites for hydroxylation is 2. The van der Waals surface area contributed by atoms with Crippen LogP contribution in [0.1, 0.15) is 58.5 Å². The van der Waals surface area contributed by atoms with Crippen LogP contribution in [0.2, 0.25) is 0 Å². The second kappa shape index (κ2) is 9.63. The van der Waals surface area contributed by atoms with Crippen molar-refractivity contribution in [2.45, 2.75) is 39.7 Å². The molecule has 0 spiro atoms. The lowest BCUT2D eigenvalue weighted by atomic mass is 9.93. The number of benzene rings is 2. The Kier molecular flexibility index (Phi) is 6.63. The van der Waals surface area contributed by atoms with Gasteiger partial charge in [-0.15, -0.1) is 6.58 Å². The molecule has 2 aromatic carbocycles. The highest BCUT2D eigenvalue weighted by Crippen LogP contribution is 2.46. The minimum absolute atomic E-state index is 0.137. The highest BCUT2D eigenvalue weighted by Gasteiger charge is 2.42. The third kappa shape index (κ3) is 4.02. The summed E-state index contributed by atoms with van der Waals surface area (Å²) in [6, 6.07) is 9.02. The van der Waals surface area contributed by atoms with Crippen LogP contribution in [0.4, 0.5) is 0 Å². The van der Waals surface area contributed by atoms with Crippen LogP contribution < -0.4 is 9.47 Å². The smallest absolute Gasteiger partial charge is 0.273 e. The molecule has 0 aliphatic carbocycles. The van der Waals surface area contributed by atoms with Gasteiger partial charge in [0.2, 0.25) is 0 Å². The van der Waals surface area contributed by atoms with Gasteiger partial charge in [0.15, 0.2) is 11.5 Å². The third-order valence-electron chi connectivity index (χ3n) is 6.14. The van der Waals surface area contributed by atoms with Gasteiger partial charge in [-0.3, -0.25) is 9.89 Å². The van der Waals surface area contributed by atoms with E-state index in [1.54, 1.807) is 24.2 Å². The van der Waals surface area contributed by atoms with Gasteiger partial charge in [-0.2, -0.15) is 5.10 Å². The molecule has 2 N–H and O–H groups in total. The Hall–Kier alpha value is -3.74. The van der Waals surface area contributed by atoms with Crippen molar-refractivity contribution in [1.82, 2.24) is 15.1 Å². The normalized spacial score (nSPS) is 14.9. The van der Waals surface area contributed by atoms with Gasteiger partial charge >= 0.3 is 0 Å². The van der Waals surface area contributed by atoms with Crippen LogP contribution in [0.5, 0.6) is 17.2 Å². The molecule has 1 amide bonds. The summed E-state index contributed by atoms with van der Waals surface area (Å²) < 4.78 is 11.5. The van der Waals surface area contributed by atoms with Crippen LogP contribution in [0.3, 0.4) is 0 Å². The van der Waals surface area contributed by atoms with Crippen molar-refractivity contribution < 1.29 is 19.4 Å². The van der Waals surface area contributed by atoms with E-state index >= 15 is 0 Å². The van der Waals surface area contributed by atoms with Gasteiger partial charge in [-0.1, -0.05) is 31.6 Å². The number of carbonyl (C=O) groups excluding carboxylic acids is 1. The molecule has 0 bridgehead atoms. The fourth-order valence-electron chi connectivity index (χ4n) is 4.61. The third-order valence-corrected chi connectivity index (χ3v) is 6.14. The second-order valence-corrected chi connectivity index (χ2v) is 8.60. The van der Waals surface area contributed by atoms with E-state index in [9.17, 15) is 9.90 Å². The Bertz CT molecular complexity index is 1210. The summed E-state index contributed by atoms with van der Waals surface area (Å²) in [5.74, 6) is 1.24. The Morgan fingerprint density at radius 2 is 2.03 bits per heavy atom. The van der Waals surface area contributed by atoms with E-state index in [0.29, 0.717) is 41.6 Å². The van der Waals surface area contributed by atoms with E-state index in [1.807, 2.05) is 38.1 Å². The number of fused-ring (bicyclic) bond motifs is 1. The number of amides is 1. The van der Waals surface area contributed by atoms with Gasteiger partial charge in [0.25, 0.3) is 5.91 Å². The molecular formula is C27H31N3O4. The number of nitrogens with zero attached hydrogens (tertiary/aromatic N) is 2. The van der Waals surface area contributed by atoms with Gasteiger partial charge in [0.1, 0.15) is 17.1 Å². The molecule has 7 nitrogen and oxygen atoms in total. The molecule has 1 unspecified atom stereocenters. The molecule has 3 aromatic rings. The first-order chi connectivity index (χ1) is 16.4. The molecule has 1 aliphatic rings. The van der Waals surface area contributed by atoms with Gasteiger partial charge in [-0.05, 0) is 55.2 Å². The number of hydrogen-bond acceptors (Lipinski definition) is 5. The van der Waals surface area contributed by atoms with Crippen molar-refractivity contribution in [1.29, 1.82) is 0 Å². The summed E-state index contributed by atoms with van der Waals surface area (Å²) in [5.41, 5.74) is 5.04. The van der Waals surface area contributed by atoms with Crippen molar-refractivity contribution >= 4 is 5.91 Å². The first-order valence-electron chi connectivity index (χ1n) is 11.5. The molecule has 1 aromatic heterocycles. The number of aromatic amines is 1. The van der Waals surface area contributed by atoms with E-state index in [-0.39, 0.29) is 11.7 Å². The van der Waals surface area contributed by atoms with Crippen molar-refractivity contribution in [3.63, 3.8) is 0 Å². The van der Waals surface area contributed by atoms with Crippen LogP contribution in [0.15, 0.2) is 43.0 Å². The van der Waals surface area contributed by atoms with Gasteiger partial charge in [-0.25, -0.2) is 0 Å². The van der Waals surface area contributed by atoms with Gasteiger partial charge in [0, 0.05) is 17.7 Å². The summed E-state index contributed by atoms with van der Waals surface area (Å²) in [4.78, 5) is 15.1. The molecule has 0 fully saturated rings. The average Bonchev–Trinajstić information content (AvgIpc) is 3.33. The average molecular weight is 462 g/mol. The fourth-order valence-corrected chi connectivity index (χ4v) is 4.61. The zero-order valence-corrected chi connectivity index (χ0v) is 20.1. The number of carbonyl (C=O) groups is 1. The summed E-state index contributed by atoms with van der Waals surface area (Å²) in [6.45, 7) is 10.8. The van der Waals surface area contributed by atoms with Gasteiger partial charge in [0.05, 0.1) is 19.8 Å². The number of phenolic OH excluding ortho intramolecular Hbond substituents is 1. The van der Waals surface area contributed by atoms with Crippen LogP contribution in [-0.2, 0) is 0 Å². The van der Waals surface area contributed by atoms with Crippen molar-refractivity contribution in [3.8, 4) is 28.5 Å². The number of H-pyrrole nitrogens is 1.